The van der Waals surface area contributed by atoms with Gasteiger partial charge in [-0.1, -0.05) is 24.8 Å². The molecule has 6 rings (SSSR count). The van der Waals surface area contributed by atoms with E-state index in [9.17, 15) is 10.1 Å². The number of halogens is 1. The number of anilines is 1. The van der Waals surface area contributed by atoms with Crippen molar-refractivity contribution < 1.29 is 13.9 Å². The van der Waals surface area contributed by atoms with Gasteiger partial charge in [-0.25, -0.2) is 4.39 Å². The van der Waals surface area contributed by atoms with Gasteiger partial charge in [0, 0.05) is 46.7 Å². The van der Waals surface area contributed by atoms with Crippen molar-refractivity contribution in [2.45, 2.75) is 31.3 Å². The lowest BCUT2D eigenvalue weighted by Gasteiger charge is -2.41. The molecule has 8 nitrogen and oxygen atoms in total. The first-order chi connectivity index (χ1) is 20.0. The van der Waals surface area contributed by atoms with E-state index in [1.165, 1.54) is 6.08 Å². The van der Waals surface area contributed by atoms with E-state index in [1.807, 2.05) is 40.6 Å². The number of piperazine rings is 1. The van der Waals surface area contributed by atoms with Crippen molar-refractivity contribution in [1.29, 1.82) is 5.26 Å². The van der Waals surface area contributed by atoms with E-state index < -0.39 is 5.82 Å². The summed E-state index contributed by atoms with van der Waals surface area (Å²) in [6.07, 6.45) is 3.57. The topological polar surface area (TPSA) is 85.6 Å². The third-order valence-electron chi connectivity index (χ3n) is 8.20. The molecule has 41 heavy (non-hydrogen) atoms. The number of likely N-dealkylation sites (N-methyl/N-ethyl adjacent to an activating group) is 1. The lowest BCUT2D eigenvalue weighted by atomic mass is 9.99. The quantitative estimate of drug-likeness (QED) is 0.281. The minimum atomic E-state index is -0.429. The third-order valence-corrected chi connectivity index (χ3v) is 9.08. The van der Waals surface area contributed by atoms with E-state index in [2.05, 4.69) is 29.6 Å². The Morgan fingerprint density at radius 3 is 2.83 bits per heavy atom. The number of hydrogen-bond donors (Lipinski definition) is 0. The molecule has 0 N–H and O–H groups in total. The second-order valence-corrected chi connectivity index (χ2v) is 11.5. The predicted octanol–water partition coefficient (Wildman–Crippen LogP) is 5.24. The fraction of sp³-hybridized carbons (Fsp3) is 0.355. The van der Waals surface area contributed by atoms with Crippen LogP contribution >= 0.6 is 11.3 Å². The number of thiophene rings is 1. The molecule has 2 aromatic carbocycles. The largest absolute Gasteiger partial charge is 0.462 e. The summed E-state index contributed by atoms with van der Waals surface area (Å²) in [5.74, 6) is -0.0974. The highest BCUT2D eigenvalue weighted by molar-refractivity contribution is 7.17. The molecule has 1 amide bonds. The second-order valence-electron chi connectivity index (χ2n) is 10.6. The van der Waals surface area contributed by atoms with Gasteiger partial charge in [-0.3, -0.25) is 4.79 Å². The van der Waals surface area contributed by atoms with E-state index in [0.717, 1.165) is 35.0 Å². The van der Waals surface area contributed by atoms with Crippen LogP contribution in [0.2, 0.25) is 0 Å². The van der Waals surface area contributed by atoms with Crippen molar-refractivity contribution in [1.82, 2.24) is 19.8 Å². The Bertz CT molecular complexity index is 1670. The Morgan fingerprint density at radius 1 is 1.17 bits per heavy atom. The lowest BCUT2D eigenvalue weighted by molar-refractivity contribution is -0.128. The third kappa shape index (κ3) is 5.11. The number of likely N-dealkylation sites (tertiary alicyclic amines) is 1. The fourth-order valence-corrected chi connectivity index (χ4v) is 6.78. The van der Waals surface area contributed by atoms with Gasteiger partial charge in [0.2, 0.25) is 5.91 Å². The smallest absolute Gasteiger partial charge is 0.319 e. The summed E-state index contributed by atoms with van der Waals surface area (Å²) in [6.45, 7) is 6.27. The van der Waals surface area contributed by atoms with Crippen molar-refractivity contribution in [3.05, 3.63) is 60.3 Å². The SMILES string of the molecule is C=CC(=O)N1CCN(c2nc(OC[C@@H]3CCCN3C)nc3c(F)c(-c4cccc5sccc45)ccc23)C[C@@H]1CC#N. The molecule has 0 aliphatic carbocycles. The molecule has 10 heteroatoms. The Hall–Kier alpha value is -4.07. The van der Waals surface area contributed by atoms with Crippen molar-refractivity contribution in [2.75, 3.05) is 44.7 Å². The summed E-state index contributed by atoms with van der Waals surface area (Å²) in [4.78, 5) is 27.8. The van der Waals surface area contributed by atoms with Crippen LogP contribution in [-0.4, -0.2) is 77.6 Å². The van der Waals surface area contributed by atoms with Crippen LogP contribution in [-0.2, 0) is 4.79 Å². The molecule has 0 saturated carbocycles. The normalized spacial score (nSPS) is 19.5. The summed E-state index contributed by atoms with van der Waals surface area (Å²) >= 11 is 1.62. The van der Waals surface area contributed by atoms with E-state index in [1.54, 1.807) is 22.3 Å². The molecule has 0 unspecified atom stereocenters. The summed E-state index contributed by atoms with van der Waals surface area (Å²) in [5.41, 5.74) is 1.47. The van der Waals surface area contributed by atoms with E-state index in [-0.39, 0.29) is 35.9 Å². The van der Waals surface area contributed by atoms with Gasteiger partial charge in [0.05, 0.1) is 18.5 Å². The molecular formula is C31H31FN6O2S. The zero-order valence-corrected chi connectivity index (χ0v) is 23.7. The van der Waals surface area contributed by atoms with Gasteiger partial charge in [-0.15, -0.1) is 11.3 Å². The number of ether oxygens (including phenoxy) is 1. The highest BCUT2D eigenvalue weighted by Crippen LogP contribution is 2.38. The standard InChI is InChI=1S/C31H31FN6O2S/c1-3-27(39)38-16-15-37(18-20(38)11-13-33)30-25-10-9-24(22-7-4-8-26-23(22)12-17-41-26)28(32)29(25)34-31(35-30)40-19-21-6-5-14-36(21)2/h3-4,7-10,12,17,20-21H,1,5-6,11,14-16,18-19H2,2H3/t20-,21-/m0/s1. The van der Waals surface area contributed by atoms with Crippen LogP contribution < -0.4 is 9.64 Å². The number of carbonyl (C=O) groups excluding carboxylic acids is 1. The van der Waals surface area contributed by atoms with Gasteiger partial charge in [-0.05, 0) is 61.7 Å². The highest BCUT2D eigenvalue weighted by atomic mass is 32.1. The zero-order chi connectivity index (χ0) is 28.5. The molecule has 4 heterocycles. The number of aromatic nitrogens is 2. The van der Waals surface area contributed by atoms with Gasteiger partial charge >= 0.3 is 6.01 Å². The average Bonchev–Trinajstić information content (AvgIpc) is 3.64. The molecule has 4 aromatic rings. The van der Waals surface area contributed by atoms with Crippen LogP contribution in [0.3, 0.4) is 0 Å². The number of carbonyl (C=O) groups is 1. The van der Waals surface area contributed by atoms with Crippen LogP contribution in [0.4, 0.5) is 10.2 Å². The lowest BCUT2D eigenvalue weighted by Crippen LogP contribution is -2.55. The van der Waals surface area contributed by atoms with Gasteiger partial charge in [0.25, 0.3) is 0 Å². The number of rotatable bonds is 7. The summed E-state index contributed by atoms with van der Waals surface area (Å²) in [5, 5.41) is 13.0. The number of hydrogen-bond acceptors (Lipinski definition) is 8. The number of nitriles is 1. The Morgan fingerprint density at radius 2 is 2.05 bits per heavy atom. The fourth-order valence-electron chi connectivity index (χ4n) is 5.96. The maximum atomic E-state index is 16.5. The van der Waals surface area contributed by atoms with Crippen molar-refractivity contribution >= 4 is 44.1 Å². The molecule has 2 aromatic heterocycles. The van der Waals surface area contributed by atoms with Crippen LogP contribution in [0.15, 0.2) is 54.4 Å². The monoisotopic (exact) mass is 570 g/mol. The van der Waals surface area contributed by atoms with E-state index in [4.69, 9.17) is 9.72 Å². The van der Waals surface area contributed by atoms with Gasteiger partial charge in [0.15, 0.2) is 5.82 Å². The minimum Gasteiger partial charge on any atom is -0.462 e. The van der Waals surface area contributed by atoms with E-state index >= 15 is 4.39 Å². The molecule has 0 radical (unpaired) electrons. The molecule has 2 aliphatic rings. The minimum absolute atomic E-state index is 0.124. The second kappa shape index (κ2) is 11.4. The molecule has 2 aliphatic heterocycles. The number of nitrogens with zero attached hydrogens (tertiary/aromatic N) is 6. The molecule has 210 valence electrons. The van der Waals surface area contributed by atoms with Crippen molar-refractivity contribution in [2.24, 2.45) is 0 Å². The number of benzene rings is 2. The maximum Gasteiger partial charge on any atom is 0.319 e. The number of amides is 1. The highest BCUT2D eigenvalue weighted by Gasteiger charge is 2.32. The molecule has 2 fully saturated rings. The molecule has 0 bridgehead atoms. The van der Waals surface area contributed by atoms with Crippen LogP contribution in [0, 0.1) is 17.1 Å². The Balaban J connectivity index is 1.43. The predicted molar refractivity (Wildman–Crippen MR) is 160 cm³/mol. The molecule has 0 spiro atoms. The zero-order valence-electron chi connectivity index (χ0n) is 22.9. The van der Waals surface area contributed by atoms with Crippen LogP contribution in [0.1, 0.15) is 19.3 Å². The molecule has 2 saturated heterocycles. The van der Waals surface area contributed by atoms with E-state index in [0.29, 0.717) is 43.0 Å². The van der Waals surface area contributed by atoms with Crippen molar-refractivity contribution in [3.63, 3.8) is 0 Å². The maximum absolute atomic E-state index is 16.5. The van der Waals surface area contributed by atoms with Crippen LogP contribution in [0.25, 0.3) is 32.1 Å². The summed E-state index contributed by atoms with van der Waals surface area (Å²) < 4.78 is 23.7. The van der Waals surface area contributed by atoms with Crippen LogP contribution in [0.5, 0.6) is 6.01 Å². The number of fused-ring (bicyclic) bond motifs is 2. The Labute approximate surface area is 242 Å². The summed E-state index contributed by atoms with van der Waals surface area (Å²) in [6, 6.07) is 13.8. The Kier molecular flexibility index (Phi) is 7.56. The average molecular weight is 571 g/mol. The van der Waals surface area contributed by atoms with Gasteiger partial charge < -0.3 is 19.4 Å². The first kappa shape index (κ1) is 27.1. The van der Waals surface area contributed by atoms with Crippen molar-refractivity contribution in [3.8, 4) is 23.2 Å². The summed E-state index contributed by atoms with van der Waals surface area (Å²) in [7, 11) is 2.07. The van der Waals surface area contributed by atoms with Gasteiger partial charge in [-0.2, -0.15) is 15.2 Å². The first-order valence-electron chi connectivity index (χ1n) is 13.8. The van der Waals surface area contributed by atoms with Gasteiger partial charge in [0.1, 0.15) is 17.9 Å². The first-order valence-corrected chi connectivity index (χ1v) is 14.7. The molecular weight excluding hydrogens is 539 g/mol. The molecule has 2 atom stereocenters.